The van der Waals surface area contributed by atoms with E-state index in [2.05, 4.69) is 205 Å². The monoisotopic (exact) mass is 623 g/mol. The molecule has 0 aliphatic carbocycles. The molecular weight excluding hydrogens is 591 g/mol. The highest BCUT2D eigenvalue weighted by molar-refractivity contribution is 6.09. The quantitative estimate of drug-likeness (QED) is 0.167. The van der Waals surface area contributed by atoms with Crippen LogP contribution in [0.15, 0.2) is 200 Å². The molecule has 9 aromatic rings. The van der Waals surface area contributed by atoms with Crippen molar-refractivity contribution < 1.29 is 0 Å². The van der Waals surface area contributed by atoms with Crippen LogP contribution in [0.2, 0.25) is 0 Å². The number of fused-ring (bicyclic) bond motifs is 4. The van der Waals surface area contributed by atoms with Gasteiger partial charge in [0.25, 0.3) is 0 Å². The van der Waals surface area contributed by atoms with Crippen molar-refractivity contribution in [1.29, 1.82) is 0 Å². The van der Waals surface area contributed by atoms with E-state index in [1.54, 1.807) is 0 Å². The first-order valence-electron chi connectivity index (χ1n) is 16.9. The molecule has 0 unspecified atom stereocenters. The topological polar surface area (TPSA) is 3.24 Å². The molecule has 1 heteroatoms. The molecule has 0 bridgehead atoms. The third kappa shape index (κ3) is 5.23. The number of hydrogen-bond donors (Lipinski definition) is 0. The van der Waals surface area contributed by atoms with Gasteiger partial charge in [-0.2, -0.15) is 0 Å². The van der Waals surface area contributed by atoms with E-state index in [1.165, 1.54) is 65.7 Å². The van der Waals surface area contributed by atoms with Crippen molar-refractivity contribution >= 4 is 49.4 Å². The summed E-state index contributed by atoms with van der Waals surface area (Å²) in [5.74, 6) is 0. The maximum atomic E-state index is 2.43. The van der Waals surface area contributed by atoms with Crippen molar-refractivity contribution in [2.24, 2.45) is 0 Å². The summed E-state index contributed by atoms with van der Waals surface area (Å²) in [5.41, 5.74) is 10.6. The van der Waals surface area contributed by atoms with Crippen molar-refractivity contribution in [3.63, 3.8) is 0 Å². The molecule has 9 rings (SSSR count). The molecule has 0 amide bonds. The summed E-state index contributed by atoms with van der Waals surface area (Å²) >= 11 is 0. The Morgan fingerprint density at radius 1 is 0.265 bits per heavy atom. The smallest absolute Gasteiger partial charge is 0.0540 e. The lowest BCUT2D eigenvalue weighted by atomic mass is 9.88. The highest BCUT2D eigenvalue weighted by Crippen LogP contribution is 2.46. The van der Waals surface area contributed by atoms with E-state index in [0.717, 1.165) is 17.1 Å². The molecule has 230 valence electrons. The Morgan fingerprint density at radius 2 is 0.735 bits per heavy atom. The fraction of sp³-hybridized carbons (Fsp3) is 0. The third-order valence-corrected chi connectivity index (χ3v) is 9.64. The van der Waals surface area contributed by atoms with Crippen LogP contribution in [0.25, 0.3) is 65.7 Å². The molecule has 0 saturated carbocycles. The highest BCUT2D eigenvalue weighted by Gasteiger charge is 2.20. The van der Waals surface area contributed by atoms with Gasteiger partial charge in [-0.1, -0.05) is 170 Å². The van der Waals surface area contributed by atoms with Crippen LogP contribution in [0.3, 0.4) is 0 Å². The number of para-hydroxylation sites is 1. The van der Waals surface area contributed by atoms with E-state index in [4.69, 9.17) is 0 Å². The minimum absolute atomic E-state index is 1.12. The third-order valence-electron chi connectivity index (χ3n) is 9.64. The first kappa shape index (κ1) is 28.8. The zero-order valence-corrected chi connectivity index (χ0v) is 27.0. The van der Waals surface area contributed by atoms with Crippen molar-refractivity contribution in [3.05, 3.63) is 200 Å². The minimum atomic E-state index is 1.12. The van der Waals surface area contributed by atoms with Crippen molar-refractivity contribution in [1.82, 2.24) is 0 Å². The van der Waals surface area contributed by atoms with Gasteiger partial charge in [-0.05, 0) is 90.5 Å². The lowest BCUT2D eigenvalue weighted by Gasteiger charge is -2.29. The Labute approximate surface area is 287 Å². The van der Waals surface area contributed by atoms with Crippen molar-refractivity contribution in [2.75, 3.05) is 4.90 Å². The van der Waals surface area contributed by atoms with Crippen LogP contribution in [0.4, 0.5) is 17.1 Å². The second-order valence-corrected chi connectivity index (χ2v) is 12.5. The van der Waals surface area contributed by atoms with Crippen molar-refractivity contribution in [2.45, 2.75) is 0 Å². The molecule has 0 heterocycles. The van der Waals surface area contributed by atoms with Gasteiger partial charge >= 0.3 is 0 Å². The van der Waals surface area contributed by atoms with E-state index in [-0.39, 0.29) is 0 Å². The van der Waals surface area contributed by atoms with Gasteiger partial charge in [0.05, 0.1) is 5.69 Å². The standard InChI is InChI=1S/C48H33N/c1-2-15-35(16-3-1)42-20-8-9-21-44(42)45-22-10-11-23-46(45)47-24-12-13-25-48(47)49(39-29-28-34-14-4-5-18-37(34)32-39)40-30-31-43-38(33-40)27-26-36-17-6-7-19-41(36)43/h1-33H. The summed E-state index contributed by atoms with van der Waals surface area (Å²) in [6.45, 7) is 0. The van der Waals surface area contributed by atoms with Gasteiger partial charge in [0.2, 0.25) is 0 Å². The fourth-order valence-electron chi connectivity index (χ4n) is 7.32. The normalized spacial score (nSPS) is 11.3. The van der Waals surface area contributed by atoms with E-state index >= 15 is 0 Å². The summed E-state index contributed by atoms with van der Waals surface area (Å²) < 4.78 is 0. The summed E-state index contributed by atoms with van der Waals surface area (Å²) in [7, 11) is 0. The Bertz CT molecular complexity index is 2620. The Balaban J connectivity index is 1.27. The van der Waals surface area contributed by atoms with Crippen molar-refractivity contribution in [3.8, 4) is 33.4 Å². The zero-order valence-electron chi connectivity index (χ0n) is 27.0. The van der Waals surface area contributed by atoms with Gasteiger partial charge in [0, 0.05) is 16.9 Å². The number of anilines is 3. The van der Waals surface area contributed by atoms with Gasteiger partial charge in [-0.3, -0.25) is 0 Å². The highest BCUT2D eigenvalue weighted by atomic mass is 15.1. The predicted octanol–water partition coefficient (Wildman–Crippen LogP) is 13.6. The van der Waals surface area contributed by atoms with Crippen LogP contribution in [-0.2, 0) is 0 Å². The fourth-order valence-corrected chi connectivity index (χ4v) is 7.32. The maximum Gasteiger partial charge on any atom is 0.0540 e. The molecule has 9 aromatic carbocycles. The molecule has 49 heavy (non-hydrogen) atoms. The first-order valence-corrected chi connectivity index (χ1v) is 16.9. The molecule has 0 aromatic heterocycles. The molecule has 0 radical (unpaired) electrons. The van der Waals surface area contributed by atoms with Gasteiger partial charge in [-0.25, -0.2) is 0 Å². The molecule has 0 aliphatic rings. The largest absolute Gasteiger partial charge is 0.310 e. The molecule has 0 atom stereocenters. The summed E-state index contributed by atoms with van der Waals surface area (Å²) in [5, 5.41) is 7.45. The maximum absolute atomic E-state index is 2.43. The van der Waals surface area contributed by atoms with Gasteiger partial charge in [-0.15, -0.1) is 0 Å². The summed E-state index contributed by atoms with van der Waals surface area (Å²) in [6.07, 6.45) is 0. The van der Waals surface area contributed by atoms with Gasteiger partial charge < -0.3 is 4.90 Å². The lowest BCUT2D eigenvalue weighted by Crippen LogP contribution is -2.11. The molecule has 0 fully saturated rings. The van der Waals surface area contributed by atoms with E-state index in [9.17, 15) is 0 Å². The van der Waals surface area contributed by atoms with Crippen LogP contribution >= 0.6 is 0 Å². The number of benzene rings is 9. The molecule has 0 spiro atoms. The second-order valence-electron chi connectivity index (χ2n) is 12.5. The Hall–Kier alpha value is -6.44. The Morgan fingerprint density at radius 3 is 1.51 bits per heavy atom. The van der Waals surface area contributed by atoms with Crippen LogP contribution in [0, 0.1) is 0 Å². The van der Waals surface area contributed by atoms with Crippen LogP contribution < -0.4 is 4.90 Å². The van der Waals surface area contributed by atoms with Crippen LogP contribution in [-0.4, -0.2) is 0 Å². The molecule has 1 nitrogen and oxygen atoms in total. The number of hydrogen-bond acceptors (Lipinski definition) is 1. The minimum Gasteiger partial charge on any atom is -0.310 e. The summed E-state index contributed by atoms with van der Waals surface area (Å²) in [4.78, 5) is 2.43. The number of nitrogens with zero attached hydrogens (tertiary/aromatic N) is 1. The van der Waals surface area contributed by atoms with Crippen LogP contribution in [0.1, 0.15) is 0 Å². The molecule has 0 aliphatic heterocycles. The Kier molecular flexibility index (Phi) is 7.22. The van der Waals surface area contributed by atoms with E-state index in [0.29, 0.717) is 0 Å². The zero-order chi connectivity index (χ0) is 32.6. The molecular formula is C48H33N. The predicted molar refractivity (Wildman–Crippen MR) is 210 cm³/mol. The van der Waals surface area contributed by atoms with Gasteiger partial charge in [0.15, 0.2) is 0 Å². The average Bonchev–Trinajstić information content (AvgIpc) is 3.18. The van der Waals surface area contributed by atoms with Crippen LogP contribution in [0.5, 0.6) is 0 Å². The molecule has 0 saturated heterocycles. The lowest BCUT2D eigenvalue weighted by molar-refractivity contribution is 1.29. The van der Waals surface area contributed by atoms with Gasteiger partial charge in [0.1, 0.15) is 0 Å². The average molecular weight is 624 g/mol. The second kappa shape index (κ2) is 12.3. The van der Waals surface area contributed by atoms with E-state index < -0.39 is 0 Å². The first-order chi connectivity index (χ1) is 24.3. The molecule has 0 N–H and O–H groups in total. The SMILES string of the molecule is c1ccc(-c2ccccc2-c2ccccc2-c2ccccc2N(c2ccc3ccccc3c2)c2ccc3c(ccc4ccccc43)c2)cc1. The van der Waals surface area contributed by atoms with E-state index in [1.807, 2.05) is 0 Å². The summed E-state index contributed by atoms with van der Waals surface area (Å²) in [6, 6.07) is 72.5. The number of rotatable bonds is 6.